The molecule has 2 aromatic rings. The quantitative estimate of drug-likeness (QED) is 0.489. The van der Waals surface area contributed by atoms with Crippen LogP contribution in [-0.4, -0.2) is 19.7 Å². The predicted molar refractivity (Wildman–Crippen MR) is 97.1 cm³/mol. The van der Waals surface area contributed by atoms with E-state index in [0.29, 0.717) is 22.6 Å². The third-order valence-corrected chi connectivity index (χ3v) is 3.84. The molecule has 0 saturated heterocycles. The van der Waals surface area contributed by atoms with Crippen molar-refractivity contribution in [1.82, 2.24) is 0 Å². The molecule has 0 atom stereocenters. The van der Waals surface area contributed by atoms with Crippen molar-refractivity contribution in [2.24, 2.45) is 0 Å². The summed E-state index contributed by atoms with van der Waals surface area (Å²) in [5, 5.41) is 0. The average molecular weight is 409 g/mol. The summed E-state index contributed by atoms with van der Waals surface area (Å²) >= 11 is 3.45. The second-order valence-electron chi connectivity index (χ2n) is 5.03. The topological polar surface area (TPSA) is 44.8 Å². The van der Waals surface area contributed by atoms with E-state index in [1.807, 2.05) is 0 Å². The van der Waals surface area contributed by atoms with E-state index >= 15 is 0 Å². The first-order valence-electron chi connectivity index (χ1n) is 7.63. The number of carbonyl (C=O) groups is 1. The molecule has 0 aromatic heterocycles. The Balaban J connectivity index is 2.15. The van der Waals surface area contributed by atoms with Crippen LogP contribution >= 0.6 is 15.9 Å². The summed E-state index contributed by atoms with van der Waals surface area (Å²) in [5.41, 5.74) is 1.59. The first-order chi connectivity index (χ1) is 12.0. The molecule has 0 bridgehead atoms. The van der Waals surface area contributed by atoms with E-state index in [1.165, 1.54) is 25.3 Å². The van der Waals surface area contributed by atoms with E-state index in [9.17, 15) is 9.18 Å². The largest absolute Gasteiger partial charge is 0.493 e. The van der Waals surface area contributed by atoms with Gasteiger partial charge in [0.05, 0.1) is 18.2 Å². The van der Waals surface area contributed by atoms with Crippen molar-refractivity contribution < 1.29 is 23.4 Å². The highest BCUT2D eigenvalue weighted by Crippen LogP contribution is 2.37. The van der Waals surface area contributed by atoms with Gasteiger partial charge in [-0.2, -0.15) is 0 Å². The molecule has 132 valence electrons. The molecule has 2 rings (SSSR count). The number of halogens is 2. The fourth-order valence-corrected chi connectivity index (χ4v) is 2.64. The molecular weight excluding hydrogens is 391 g/mol. The van der Waals surface area contributed by atoms with Crippen molar-refractivity contribution in [2.45, 2.75) is 13.5 Å². The van der Waals surface area contributed by atoms with Gasteiger partial charge >= 0.3 is 5.97 Å². The van der Waals surface area contributed by atoms with Crippen LogP contribution in [0.2, 0.25) is 0 Å². The predicted octanol–water partition coefficient (Wildman–Crippen LogP) is 4.75. The summed E-state index contributed by atoms with van der Waals surface area (Å²) in [6.07, 6.45) is 2.98. The summed E-state index contributed by atoms with van der Waals surface area (Å²) in [5.74, 6) is 0.342. The van der Waals surface area contributed by atoms with Crippen LogP contribution in [0.15, 0.2) is 46.9 Å². The van der Waals surface area contributed by atoms with Crippen molar-refractivity contribution in [2.75, 3.05) is 13.7 Å². The molecule has 0 fully saturated rings. The lowest BCUT2D eigenvalue weighted by Crippen LogP contribution is -2.00. The number of carbonyl (C=O) groups excluding carboxylic acids is 1. The van der Waals surface area contributed by atoms with Gasteiger partial charge in [0.15, 0.2) is 11.5 Å². The third-order valence-electron chi connectivity index (χ3n) is 3.25. The second kappa shape index (κ2) is 9.22. The van der Waals surface area contributed by atoms with E-state index in [0.717, 1.165) is 11.1 Å². The van der Waals surface area contributed by atoms with Crippen LogP contribution in [0.25, 0.3) is 6.08 Å². The summed E-state index contributed by atoms with van der Waals surface area (Å²) < 4.78 is 29.6. The highest BCUT2D eigenvalue weighted by molar-refractivity contribution is 9.10. The molecule has 6 heteroatoms. The highest BCUT2D eigenvalue weighted by atomic mass is 79.9. The van der Waals surface area contributed by atoms with Gasteiger partial charge in [-0.05, 0) is 64.3 Å². The fraction of sp³-hybridized carbons (Fsp3) is 0.211. The summed E-state index contributed by atoms with van der Waals surface area (Å²) in [6.45, 7) is 2.35. The van der Waals surface area contributed by atoms with Crippen LogP contribution in [0.5, 0.6) is 11.5 Å². The molecule has 0 unspecified atom stereocenters. The normalized spacial score (nSPS) is 10.7. The molecule has 0 aliphatic rings. The van der Waals surface area contributed by atoms with E-state index in [1.54, 1.807) is 37.3 Å². The Morgan fingerprint density at radius 2 is 1.96 bits per heavy atom. The monoisotopic (exact) mass is 408 g/mol. The zero-order valence-electron chi connectivity index (χ0n) is 13.9. The number of benzene rings is 2. The maximum atomic E-state index is 12.9. The number of esters is 1. The van der Waals surface area contributed by atoms with Crippen LogP contribution in [0.3, 0.4) is 0 Å². The number of ether oxygens (including phenoxy) is 3. The molecular formula is C19H18BrFO4. The van der Waals surface area contributed by atoms with Crippen molar-refractivity contribution in [3.63, 3.8) is 0 Å². The lowest BCUT2D eigenvalue weighted by Gasteiger charge is -2.13. The highest BCUT2D eigenvalue weighted by Gasteiger charge is 2.11. The zero-order chi connectivity index (χ0) is 18.2. The van der Waals surface area contributed by atoms with Gasteiger partial charge in [-0.25, -0.2) is 9.18 Å². The molecule has 0 heterocycles. The first-order valence-corrected chi connectivity index (χ1v) is 8.42. The molecule has 4 nitrogen and oxygen atoms in total. The maximum absolute atomic E-state index is 12.9. The third kappa shape index (κ3) is 5.60. The molecule has 0 aliphatic heterocycles. The minimum atomic E-state index is -0.408. The van der Waals surface area contributed by atoms with Crippen LogP contribution in [-0.2, 0) is 16.1 Å². The van der Waals surface area contributed by atoms with Crippen LogP contribution in [0, 0.1) is 5.82 Å². The van der Waals surface area contributed by atoms with Gasteiger partial charge in [-0.15, -0.1) is 0 Å². The Bertz CT molecular complexity index is 757. The van der Waals surface area contributed by atoms with Crippen molar-refractivity contribution in [3.05, 3.63) is 63.9 Å². The second-order valence-corrected chi connectivity index (χ2v) is 5.89. The van der Waals surface area contributed by atoms with E-state index in [2.05, 4.69) is 15.9 Å². The van der Waals surface area contributed by atoms with E-state index in [4.69, 9.17) is 14.2 Å². The minimum Gasteiger partial charge on any atom is -0.493 e. The zero-order valence-corrected chi connectivity index (χ0v) is 15.5. The maximum Gasteiger partial charge on any atom is 0.330 e. The molecule has 2 aromatic carbocycles. The summed E-state index contributed by atoms with van der Waals surface area (Å²) in [7, 11) is 1.53. The Labute approximate surface area is 154 Å². The van der Waals surface area contributed by atoms with Crippen molar-refractivity contribution in [3.8, 4) is 11.5 Å². The number of methoxy groups -OCH3 is 1. The lowest BCUT2D eigenvalue weighted by molar-refractivity contribution is -0.137. The fourth-order valence-electron chi connectivity index (χ4n) is 2.07. The average Bonchev–Trinajstić information content (AvgIpc) is 2.60. The van der Waals surface area contributed by atoms with Crippen LogP contribution in [0.4, 0.5) is 4.39 Å². The number of rotatable bonds is 7. The molecule has 25 heavy (non-hydrogen) atoms. The first kappa shape index (κ1) is 19.0. The van der Waals surface area contributed by atoms with Crippen molar-refractivity contribution >= 4 is 28.0 Å². The summed E-state index contributed by atoms with van der Waals surface area (Å²) in [4.78, 5) is 11.4. The smallest absolute Gasteiger partial charge is 0.330 e. The molecule has 0 aliphatic carbocycles. The Morgan fingerprint density at radius 1 is 1.24 bits per heavy atom. The van der Waals surface area contributed by atoms with Crippen LogP contribution < -0.4 is 9.47 Å². The summed E-state index contributed by atoms with van der Waals surface area (Å²) in [6, 6.07) is 9.64. The van der Waals surface area contributed by atoms with Gasteiger partial charge in [0.2, 0.25) is 0 Å². The van der Waals surface area contributed by atoms with Crippen LogP contribution in [0.1, 0.15) is 18.1 Å². The molecule has 0 saturated carbocycles. The van der Waals surface area contributed by atoms with Gasteiger partial charge in [0.1, 0.15) is 12.4 Å². The number of hydrogen-bond acceptors (Lipinski definition) is 4. The minimum absolute atomic E-state index is 0.271. The number of hydrogen-bond donors (Lipinski definition) is 0. The Kier molecular flexibility index (Phi) is 7.01. The van der Waals surface area contributed by atoms with Gasteiger partial charge < -0.3 is 14.2 Å². The van der Waals surface area contributed by atoms with Gasteiger partial charge in [0, 0.05) is 6.08 Å². The molecule has 0 N–H and O–H groups in total. The molecule has 0 amide bonds. The van der Waals surface area contributed by atoms with Gasteiger partial charge in [0.25, 0.3) is 0 Å². The molecule has 0 spiro atoms. The standard InChI is InChI=1S/C19H18BrFO4/c1-3-24-18(22)9-6-14-10-16(20)19(17(11-14)23-2)25-12-13-4-7-15(21)8-5-13/h4-11H,3,12H2,1-2H3/b9-6+. The lowest BCUT2D eigenvalue weighted by atomic mass is 10.2. The van der Waals surface area contributed by atoms with Gasteiger partial charge in [-0.1, -0.05) is 12.1 Å². The Hall–Kier alpha value is -2.34. The molecule has 0 radical (unpaired) electrons. The Morgan fingerprint density at radius 3 is 2.60 bits per heavy atom. The van der Waals surface area contributed by atoms with Crippen molar-refractivity contribution in [1.29, 1.82) is 0 Å². The van der Waals surface area contributed by atoms with E-state index < -0.39 is 5.97 Å². The van der Waals surface area contributed by atoms with E-state index in [-0.39, 0.29) is 12.4 Å². The SMILES string of the molecule is CCOC(=O)/C=C/c1cc(Br)c(OCc2ccc(F)cc2)c(OC)c1. The van der Waals surface area contributed by atoms with Gasteiger partial charge in [-0.3, -0.25) is 0 Å².